The predicted molar refractivity (Wildman–Crippen MR) is 140 cm³/mol. The van der Waals surface area contributed by atoms with E-state index in [1.54, 1.807) is 46.4 Å². The van der Waals surface area contributed by atoms with Gasteiger partial charge in [-0.2, -0.15) is 24.3 Å². The van der Waals surface area contributed by atoms with E-state index in [4.69, 9.17) is 0 Å². The predicted octanol–water partition coefficient (Wildman–Crippen LogP) is 8.03. The van der Waals surface area contributed by atoms with E-state index in [-0.39, 0.29) is 21.1 Å². The maximum Gasteiger partial charge on any atom is 2.00 e. The molecule has 0 spiro atoms. The quantitative estimate of drug-likeness (QED) is 0.178. The van der Waals surface area contributed by atoms with Crippen molar-refractivity contribution < 1.29 is 21.1 Å². The van der Waals surface area contributed by atoms with Crippen LogP contribution in [0.5, 0.6) is 0 Å². The summed E-state index contributed by atoms with van der Waals surface area (Å²) in [5, 5.41) is 6.07. The van der Waals surface area contributed by atoms with Crippen molar-refractivity contribution in [2.75, 3.05) is 0 Å². The second kappa shape index (κ2) is 14.5. The van der Waals surface area contributed by atoms with Gasteiger partial charge in [0.05, 0.1) is 10.6 Å². The van der Waals surface area contributed by atoms with Crippen LogP contribution in [-0.4, -0.2) is 15.0 Å². The smallest absolute Gasteiger partial charge is 0.319 e. The fourth-order valence-electron chi connectivity index (χ4n) is 2.69. The molecule has 7 heteroatoms. The van der Waals surface area contributed by atoms with Crippen LogP contribution in [0, 0.1) is 12.1 Å². The standard InChI is InChI=1S/C9H7NS.2C9H6NS.Pt/c3*1-2-6-10-8(4-1)9-5-3-7-11-9;/h1-7H;2*1-4,6-7H;/q;2*-1;+2. The van der Waals surface area contributed by atoms with Crippen LogP contribution in [0.2, 0.25) is 0 Å². The first-order chi connectivity index (χ1) is 16.4. The van der Waals surface area contributed by atoms with Crippen molar-refractivity contribution >= 4 is 34.0 Å². The van der Waals surface area contributed by atoms with Gasteiger partial charge in [0.2, 0.25) is 0 Å². The van der Waals surface area contributed by atoms with Gasteiger partial charge in [0, 0.05) is 18.6 Å². The molecule has 170 valence electrons. The van der Waals surface area contributed by atoms with Crippen LogP contribution >= 0.6 is 34.0 Å². The van der Waals surface area contributed by atoms with E-state index in [9.17, 15) is 0 Å². The molecule has 6 heterocycles. The van der Waals surface area contributed by atoms with Crippen LogP contribution in [0.1, 0.15) is 0 Å². The molecule has 0 aliphatic carbocycles. The van der Waals surface area contributed by atoms with Crippen molar-refractivity contribution in [3.05, 3.63) is 126 Å². The number of thiophene rings is 3. The Morgan fingerprint density at radius 2 is 1.00 bits per heavy atom. The van der Waals surface area contributed by atoms with Gasteiger partial charge in [0.25, 0.3) is 0 Å². The van der Waals surface area contributed by atoms with Crippen LogP contribution in [0.15, 0.2) is 114 Å². The van der Waals surface area contributed by atoms with Crippen LogP contribution < -0.4 is 0 Å². The molecule has 0 saturated heterocycles. The molecule has 0 radical (unpaired) electrons. The van der Waals surface area contributed by atoms with Crippen LogP contribution in [-0.2, 0) is 21.1 Å². The van der Waals surface area contributed by atoms with Gasteiger partial charge in [-0.05, 0) is 47.1 Å². The Balaban J connectivity index is 0.000000141. The molecule has 0 unspecified atom stereocenters. The zero-order chi connectivity index (χ0) is 22.6. The van der Waals surface area contributed by atoms with Gasteiger partial charge in [-0.3, -0.25) is 4.98 Å². The Labute approximate surface area is 226 Å². The summed E-state index contributed by atoms with van der Waals surface area (Å²) in [7, 11) is 0. The summed E-state index contributed by atoms with van der Waals surface area (Å²) in [6, 6.07) is 31.9. The fourth-order valence-corrected chi connectivity index (χ4v) is 4.69. The first kappa shape index (κ1) is 25.9. The normalized spacial score (nSPS) is 9.53. The van der Waals surface area contributed by atoms with Crippen molar-refractivity contribution in [1.29, 1.82) is 0 Å². The third kappa shape index (κ3) is 7.93. The molecule has 34 heavy (non-hydrogen) atoms. The molecule has 0 amide bonds. The number of hydrogen-bond donors (Lipinski definition) is 0. The topological polar surface area (TPSA) is 38.7 Å². The number of hydrogen-bond acceptors (Lipinski definition) is 6. The maximum absolute atomic E-state index is 4.23. The van der Waals surface area contributed by atoms with Crippen LogP contribution in [0.3, 0.4) is 0 Å². The molecule has 6 rings (SSSR count). The molecule has 6 aromatic heterocycles. The molecule has 0 bridgehead atoms. The van der Waals surface area contributed by atoms with Gasteiger partial charge >= 0.3 is 21.1 Å². The summed E-state index contributed by atoms with van der Waals surface area (Å²) in [5.74, 6) is 0. The Morgan fingerprint density at radius 3 is 1.35 bits per heavy atom. The van der Waals surface area contributed by atoms with E-state index in [0.717, 1.165) is 26.8 Å². The fraction of sp³-hybridized carbons (Fsp3) is 0. The van der Waals surface area contributed by atoms with Crippen molar-refractivity contribution in [2.24, 2.45) is 0 Å². The van der Waals surface area contributed by atoms with E-state index >= 15 is 0 Å². The number of rotatable bonds is 3. The summed E-state index contributed by atoms with van der Waals surface area (Å²) in [5.41, 5.74) is 3.06. The average Bonchev–Trinajstić information content (AvgIpc) is 3.70. The maximum atomic E-state index is 4.23. The second-order valence-corrected chi connectivity index (χ2v) is 9.19. The zero-order valence-electron chi connectivity index (χ0n) is 17.9. The first-order valence-corrected chi connectivity index (χ1v) is 12.7. The third-order valence-corrected chi connectivity index (χ3v) is 6.73. The molecule has 3 nitrogen and oxygen atoms in total. The average molecular weight is 677 g/mol. The summed E-state index contributed by atoms with van der Waals surface area (Å²) >= 11 is 5.03. The van der Waals surface area contributed by atoms with Crippen LogP contribution in [0.4, 0.5) is 0 Å². The molecule has 6 aromatic rings. The minimum atomic E-state index is 0. The second-order valence-electron chi connectivity index (χ2n) is 6.41. The molecule has 0 aromatic carbocycles. The summed E-state index contributed by atoms with van der Waals surface area (Å²) < 4.78 is 0. The van der Waals surface area contributed by atoms with E-state index in [2.05, 4.69) is 38.5 Å². The summed E-state index contributed by atoms with van der Waals surface area (Å²) in [4.78, 5) is 16.1. The SMILES string of the molecule is [Pt+2].[c-]1ccsc1-c1ccccn1.[c-]1ccsc1-c1ccccn1.c1ccc(-c2cccs2)nc1. The number of nitrogens with zero attached hydrogens (tertiary/aromatic N) is 3. The van der Waals surface area contributed by atoms with Gasteiger partial charge in [-0.1, -0.05) is 46.2 Å². The van der Waals surface area contributed by atoms with E-state index < -0.39 is 0 Å². The van der Waals surface area contributed by atoms with E-state index in [1.807, 2.05) is 89.8 Å². The minimum Gasteiger partial charge on any atom is -0.319 e. The monoisotopic (exact) mass is 676 g/mol. The van der Waals surface area contributed by atoms with Crippen LogP contribution in [0.25, 0.3) is 31.7 Å². The molecule has 0 N–H and O–H groups in total. The Bertz CT molecular complexity index is 1110. The van der Waals surface area contributed by atoms with Crippen molar-refractivity contribution in [3.63, 3.8) is 0 Å². The molecular weight excluding hydrogens is 658 g/mol. The first-order valence-electron chi connectivity index (χ1n) is 10.1. The molecule has 0 atom stereocenters. The zero-order valence-corrected chi connectivity index (χ0v) is 22.6. The molecule has 0 aliphatic heterocycles. The molecule has 0 saturated carbocycles. The van der Waals surface area contributed by atoms with Gasteiger partial charge in [0.1, 0.15) is 0 Å². The Kier molecular flexibility index (Phi) is 11.0. The minimum absolute atomic E-state index is 0. The number of aromatic nitrogens is 3. The van der Waals surface area contributed by atoms with Gasteiger partial charge in [0.15, 0.2) is 0 Å². The van der Waals surface area contributed by atoms with Gasteiger partial charge in [-0.15, -0.1) is 22.1 Å². The summed E-state index contributed by atoms with van der Waals surface area (Å²) in [6.07, 6.45) is 5.40. The van der Waals surface area contributed by atoms with Crippen molar-refractivity contribution in [1.82, 2.24) is 15.0 Å². The van der Waals surface area contributed by atoms with Crippen molar-refractivity contribution in [3.8, 4) is 31.7 Å². The van der Waals surface area contributed by atoms with E-state index in [0.29, 0.717) is 0 Å². The van der Waals surface area contributed by atoms with Gasteiger partial charge in [-0.25, -0.2) is 22.7 Å². The molecule has 0 aliphatic rings. The Morgan fingerprint density at radius 1 is 0.500 bits per heavy atom. The van der Waals surface area contributed by atoms with Gasteiger partial charge < -0.3 is 9.97 Å². The third-order valence-electron chi connectivity index (χ3n) is 4.17. The van der Waals surface area contributed by atoms with E-state index in [1.165, 1.54) is 4.88 Å². The summed E-state index contributed by atoms with van der Waals surface area (Å²) in [6.45, 7) is 0. The largest absolute Gasteiger partial charge is 2.00 e. The molecule has 0 fully saturated rings. The van der Waals surface area contributed by atoms with Crippen molar-refractivity contribution in [2.45, 2.75) is 0 Å². The molecular formula is C27H19N3PtS3. The number of pyridine rings is 3. The Hall–Kier alpha value is -2.76.